The molecule has 0 aliphatic carbocycles. The van der Waals surface area contributed by atoms with E-state index < -0.39 is 0 Å². The van der Waals surface area contributed by atoms with Crippen molar-refractivity contribution >= 4 is 11.6 Å². The van der Waals surface area contributed by atoms with E-state index in [0.29, 0.717) is 24.9 Å². The van der Waals surface area contributed by atoms with Crippen LogP contribution in [-0.2, 0) is 17.9 Å². The Kier molecular flexibility index (Phi) is 5.42. The third kappa shape index (κ3) is 4.37. The molecule has 0 radical (unpaired) electrons. The average molecular weight is 288 g/mol. The van der Waals surface area contributed by atoms with E-state index in [-0.39, 0.29) is 0 Å². The van der Waals surface area contributed by atoms with Gasteiger partial charge in [0.05, 0.1) is 0 Å². The van der Waals surface area contributed by atoms with Gasteiger partial charge in [-0.1, -0.05) is 0 Å². The molecule has 3 N–H and O–H groups in total. The van der Waals surface area contributed by atoms with Crippen molar-refractivity contribution in [1.29, 1.82) is 0 Å². The predicted octanol–water partition coefficient (Wildman–Crippen LogP) is 1.33. The van der Waals surface area contributed by atoms with Crippen molar-refractivity contribution in [3.63, 3.8) is 0 Å². The van der Waals surface area contributed by atoms with E-state index in [0.717, 1.165) is 17.9 Å². The van der Waals surface area contributed by atoms with E-state index >= 15 is 0 Å². The number of hydrogen-bond acceptors (Lipinski definition) is 7. The lowest BCUT2D eigenvalue weighted by Gasteiger charge is -2.19. The molecule has 7 heteroatoms. The summed E-state index contributed by atoms with van der Waals surface area (Å²) >= 11 is 0. The summed E-state index contributed by atoms with van der Waals surface area (Å²) in [5.74, 6) is 7.41. The SMILES string of the molecule is CCOCc1nc(NN)cc(N(C)Cc2ccncc2)n1. The van der Waals surface area contributed by atoms with Gasteiger partial charge in [0.1, 0.15) is 18.2 Å². The fraction of sp³-hybridized carbons (Fsp3) is 0.357. The van der Waals surface area contributed by atoms with Gasteiger partial charge in [-0.25, -0.2) is 15.8 Å². The number of anilines is 2. The Morgan fingerprint density at radius 1 is 1.29 bits per heavy atom. The molecule has 2 aromatic rings. The number of pyridine rings is 1. The number of nitrogens with two attached hydrogens (primary N) is 1. The maximum Gasteiger partial charge on any atom is 0.158 e. The predicted molar refractivity (Wildman–Crippen MR) is 81.5 cm³/mol. The van der Waals surface area contributed by atoms with Crippen LogP contribution in [0.2, 0.25) is 0 Å². The van der Waals surface area contributed by atoms with Crippen LogP contribution < -0.4 is 16.2 Å². The van der Waals surface area contributed by atoms with Gasteiger partial charge in [-0.3, -0.25) is 4.98 Å². The van der Waals surface area contributed by atoms with Crippen LogP contribution in [0, 0.1) is 0 Å². The maximum atomic E-state index is 5.46. The van der Waals surface area contributed by atoms with Gasteiger partial charge >= 0.3 is 0 Å². The standard InChI is InChI=1S/C14H20N6O/c1-3-21-10-13-17-12(19-15)8-14(18-13)20(2)9-11-4-6-16-7-5-11/h4-8H,3,9-10,15H2,1-2H3,(H,17,18,19). The number of aromatic nitrogens is 3. The molecule has 2 heterocycles. The number of hydrogen-bond donors (Lipinski definition) is 2. The van der Waals surface area contributed by atoms with E-state index in [9.17, 15) is 0 Å². The molecular formula is C14H20N6O. The minimum Gasteiger partial charge on any atom is -0.374 e. The molecular weight excluding hydrogens is 268 g/mol. The molecule has 0 bridgehead atoms. The van der Waals surface area contributed by atoms with Gasteiger partial charge in [0.15, 0.2) is 5.82 Å². The Labute approximate surface area is 124 Å². The summed E-state index contributed by atoms with van der Waals surface area (Å²) in [5, 5.41) is 0. The number of nitrogen functional groups attached to an aromatic ring is 1. The normalized spacial score (nSPS) is 10.4. The number of nitrogens with one attached hydrogen (secondary N) is 1. The van der Waals surface area contributed by atoms with Crippen LogP contribution in [0.25, 0.3) is 0 Å². The molecule has 0 spiro atoms. The third-order valence-electron chi connectivity index (χ3n) is 2.90. The number of nitrogens with zero attached hydrogens (tertiary/aromatic N) is 4. The van der Waals surface area contributed by atoms with Gasteiger partial charge in [-0.05, 0) is 24.6 Å². The Morgan fingerprint density at radius 3 is 2.71 bits per heavy atom. The Hall–Kier alpha value is -2.25. The highest BCUT2D eigenvalue weighted by Gasteiger charge is 2.09. The second-order valence-electron chi connectivity index (χ2n) is 4.52. The fourth-order valence-electron chi connectivity index (χ4n) is 1.85. The molecule has 0 amide bonds. The molecule has 0 aliphatic heterocycles. The van der Waals surface area contributed by atoms with Crippen LogP contribution in [0.3, 0.4) is 0 Å². The second-order valence-corrected chi connectivity index (χ2v) is 4.52. The van der Waals surface area contributed by atoms with Gasteiger partial charge in [0.2, 0.25) is 0 Å². The molecule has 0 aromatic carbocycles. The molecule has 2 aromatic heterocycles. The van der Waals surface area contributed by atoms with Crippen LogP contribution in [-0.4, -0.2) is 28.6 Å². The monoisotopic (exact) mass is 288 g/mol. The fourth-order valence-corrected chi connectivity index (χ4v) is 1.85. The summed E-state index contributed by atoms with van der Waals surface area (Å²) in [6.07, 6.45) is 3.55. The highest BCUT2D eigenvalue weighted by molar-refractivity contribution is 5.48. The Bertz CT molecular complexity index is 563. The zero-order chi connectivity index (χ0) is 15.1. The summed E-state index contributed by atoms with van der Waals surface area (Å²) in [7, 11) is 1.97. The number of ether oxygens (including phenoxy) is 1. The quantitative estimate of drug-likeness (QED) is 0.587. The summed E-state index contributed by atoms with van der Waals surface area (Å²) in [4.78, 5) is 14.8. The largest absolute Gasteiger partial charge is 0.374 e. The van der Waals surface area contributed by atoms with E-state index in [1.807, 2.05) is 31.0 Å². The van der Waals surface area contributed by atoms with Gasteiger partial charge in [0.25, 0.3) is 0 Å². The Morgan fingerprint density at radius 2 is 2.05 bits per heavy atom. The van der Waals surface area contributed by atoms with E-state index in [2.05, 4.69) is 20.4 Å². The summed E-state index contributed by atoms with van der Waals surface area (Å²) < 4.78 is 5.35. The van der Waals surface area contributed by atoms with Crippen molar-refractivity contribution in [3.8, 4) is 0 Å². The maximum absolute atomic E-state index is 5.46. The van der Waals surface area contributed by atoms with Gasteiger partial charge in [-0.15, -0.1) is 0 Å². The van der Waals surface area contributed by atoms with Gasteiger partial charge < -0.3 is 15.1 Å². The molecule has 0 atom stereocenters. The molecule has 21 heavy (non-hydrogen) atoms. The molecule has 0 fully saturated rings. The highest BCUT2D eigenvalue weighted by Crippen LogP contribution is 2.16. The lowest BCUT2D eigenvalue weighted by atomic mass is 10.2. The molecule has 0 unspecified atom stereocenters. The van der Waals surface area contributed by atoms with Crippen molar-refractivity contribution < 1.29 is 4.74 Å². The number of hydrazine groups is 1. The minimum atomic E-state index is 0.363. The van der Waals surface area contributed by atoms with E-state index in [4.69, 9.17) is 10.6 Å². The second kappa shape index (κ2) is 7.51. The molecule has 112 valence electrons. The molecule has 0 aliphatic rings. The van der Waals surface area contributed by atoms with Crippen molar-refractivity contribution in [2.45, 2.75) is 20.1 Å². The van der Waals surface area contributed by atoms with Crippen LogP contribution in [0.15, 0.2) is 30.6 Å². The third-order valence-corrected chi connectivity index (χ3v) is 2.90. The van der Waals surface area contributed by atoms with Crippen LogP contribution in [0.4, 0.5) is 11.6 Å². The van der Waals surface area contributed by atoms with E-state index in [1.165, 1.54) is 0 Å². The summed E-state index contributed by atoms with van der Waals surface area (Å²) in [5.41, 5.74) is 3.71. The van der Waals surface area contributed by atoms with Crippen LogP contribution in [0.1, 0.15) is 18.3 Å². The van der Waals surface area contributed by atoms with Crippen LogP contribution in [0.5, 0.6) is 0 Å². The average Bonchev–Trinajstić information content (AvgIpc) is 2.53. The van der Waals surface area contributed by atoms with Crippen molar-refractivity contribution in [1.82, 2.24) is 15.0 Å². The molecule has 7 nitrogen and oxygen atoms in total. The molecule has 0 saturated carbocycles. The van der Waals surface area contributed by atoms with Crippen LogP contribution >= 0.6 is 0 Å². The topological polar surface area (TPSA) is 89.2 Å². The number of rotatable bonds is 7. The van der Waals surface area contributed by atoms with Crippen molar-refractivity contribution in [2.75, 3.05) is 24.0 Å². The molecule has 2 rings (SSSR count). The first-order valence-corrected chi connectivity index (χ1v) is 6.75. The van der Waals surface area contributed by atoms with Gasteiger partial charge in [-0.2, -0.15) is 0 Å². The molecule has 0 saturated heterocycles. The lowest BCUT2D eigenvalue weighted by molar-refractivity contribution is 0.128. The van der Waals surface area contributed by atoms with Crippen molar-refractivity contribution in [3.05, 3.63) is 42.0 Å². The lowest BCUT2D eigenvalue weighted by Crippen LogP contribution is -2.20. The first-order valence-electron chi connectivity index (χ1n) is 6.75. The first kappa shape index (κ1) is 15.1. The van der Waals surface area contributed by atoms with Crippen molar-refractivity contribution in [2.24, 2.45) is 5.84 Å². The highest BCUT2D eigenvalue weighted by atomic mass is 16.5. The smallest absolute Gasteiger partial charge is 0.158 e. The van der Waals surface area contributed by atoms with E-state index in [1.54, 1.807) is 18.5 Å². The minimum absolute atomic E-state index is 0.363. The Balaban J connectivity index is 2.16. The first-order chi connectivity index (χ1) is 10.2. The van der Waals surface area contributed by atoms with Gasteiger partial charge in [0, 0.05) is 38.7 Å². The summed E-state index contributed by atoms with van der Waals surface area (Å²) in [6, 6.07) is 5.75. The summed E-state index contributed by atoms with van der Waals surface area (Å²) in [6.45, 7) is 3.63. The zero-order valence-corrected chi connectivity index (χ0v) is 12.3. The zero-order valence-electron chi connectivity index (χ0n) is 12.3.